The Morgan fingerprint density at radius 3 is 2.48 bits per heavy atom. The van der Waals surface area contributed by atoms with Gasteiger partial charge in [-0.1, -0.05) is 0 Å². The van der Waals surface area contributed by atoms with Crippen molar-refractivity contribution in [3.8, 4) is 0 Å². The molecule has 1 N–H and O–H groups in total. The molecule has 0 bridgehead atoms. The molecule has 0 spiro atoms. The van der Waals surface area contributed by atoms with Crippen molar-refractivity contribution in [1.82, 2.24) is 9.88 Å². The lowest BCUT2D eigenvalue weighted by atomic mass is 10.2. The normalized spacial score (nSPS) is 17.6. The maximum Gasteiger partial charge on any atom is 0.257 e. The monoisotopic (exact) mass is 291 g/mol. The summed E-state index contributed by atoms with van der Waals surface area (Å²) >= 11 is 0. The average Bonchev–Trinajstić information content (AvgIpc) is 3.35. The van der Waals surface area contributed by atoms with E-state index in [2.05, 4.69) is 10.3 Å². The third kappa shape index (κ3) is 3.52. The molecule has 1 aromatic heterocycles. The van der Waals surface area contributed by atoms with Crippen LogP contribution < -0.4 is 5.32 Å². The lowest BCUT2D eigenvalue weighted by molar-refractivity contribution is 0.0735. The molecule has 2 fully saturated rings. The van der Waals surface area contributed by atoms with Gasteiger partial charge in [-0.3, -0.25) is 4.79 Å². The summed E-state index contributed by atoms with van der Waals surface area (Å²) in [5.74, 6) is 0.687. The highest BCUT2D eigenvalue weighted by Gasteiger charge is 2.33. The number of amides is 1. The zero-order valence-corrected chi connectivity index (χ0v) is 12.4. The molecule has 3 rings (SSSR count). The Labute approximate surface area is 124 Å². The third-order valence-corrected chi connectivity index (χ3v) is 4.10. The first-order valence-corrected chi connectivity index (χ1v) is 7.86. The Morgan fingerprint density at radius 1 is 1.33 bits per heavy atom. The SMILES string of the molecule is CCNc1nccc(C(=O)N(CC2CC2)CC2CC2)c1F. The van der Waals surface area contributed by atoms with Gasteiger partial charge >= 0.3 is 0 Å². The van der Waals surface area contributed by atoms with Crippen molar-refractivity contribution in [2.45, 2.75) is 32.6 Å². The van der Waals surface area contributed by atoms with Crippen molar-refractivity contribution in [3.05, 3.63) is 23.6 Å². The molecular formula is C16H22FN3O. The Bertz CT molecular complexity index is 512. The number of hydrogen-bond donors (Lipinski definition) is 1. The van der Waals surface area contributed by atoms with Gasteiger partial charge in [0, 0.05) is 25.8 Å². The molecule has 21 heavy (non-hydrogen) atoms. The summed E-state index contributed by atoms with van der Waals surface area (Å²) in [6.07, 6.45) is 6.26. The van der Waals surface area contributed by atoms with Crippen molar-refractivity contribution in [2.75, 3.05) is 25.0 Å². The maximum absolute atomic E-state index is 14.4. The Morgan fingerprint density at radius 2 is 1.95 bits per heavy atom. The fraction of sp³-hybridized carbons (Fsp3) is 0.625. The Balaban J connectivity index is 1.78. The first-order valence-electron chi connectivity index (χ1n) is 7.86. The van der Waals surface area contributed by atoms with Gasteiger partial charge in [-0.15, -0.1) is 0 Å². The summed E-state index contributed by atoms with van der Waals surface area (Å²) in [7, 11) is 0. The van der Waals surface area contributed by atoms with Crippen LogP contribution in [0.4, 0.5) is 10.2 Å². The molecule has 5 heteroatoms. The number of nitrogens with zero attached hydrogens (tertiary/aromatic N) is 2. The first-order chi connectivity index (χ1) is 10.2. The molecule has 0 radical (unpaired) electrons. The predicted octanol–water partition coefficient (Wildman–Crippen LogP) is 2.91. The van der Waals surface area contributed by atoms with Crippen LogP contribution in [0.15, 0.2) is 12.3 Å². The number of nitrogens with one attached hydrogen (secondary N) is 1. The van der Waals surface area contributed by atoms with Gasteiger partial charge in [-0.2, -0.15) is 0 Å². The van der Waals surface area contributed by atoms with Crippen LogP contribution in [-0.4, -0.2) is 35.4 Å². The Hall–Kier alpha value is -1.65. The lowest BCUT2D eigenvalue weighted by Crippen LogP contribution is -2.35. The van der Waals surface area contributed by atoms with Crippen LogP contribution in [0.3, 0.4) is 0 Å². The van der Waals surface area contributed by atoms with Crippen LogP contribution >= 0.6 is 0 Å². The van der Waals surface area contributed by atoms with E-state index >= 15 is 0 Å². The van der Waals surface area contributed by atoms with Crippen LogP contribution in [0.5, 0.6) is 0 Å². The zero-order chi connectivity index (χ0) is 14.8. The fourth-order valence-corrected chi connectivity index (χ4v) is 2.53. The van der Waals surface area contributed by atoms with Gasteiger partial charge in [-0.25, -0.2) is 9.37 Å². The highest BCUT2D eigenvalue weighted by Crippen LogP contribution is 2.34. The molecule has 1 amide bonds. The predicted molar refractivity (Wildman–Crippen MR) is 79.7 cm³/mol. The van der Waals surface area contributed by atoms with Crippen LogP contribution in [-0.2, 0) is 0 Å². The summed E-state index contributed by atoms with van der Waals surface area (Å²) in [5.41, 5.74) is 0.141. The van der Waals surface area contributed by atoms with E-state index in [1.165, 1.54) is 37.9 Å². The molecule has 4 nitrogen and oxygen atoms in total. The van der Waals surface area contributed by atoms with Crippen molar-refractivity contribution in [2.24, 2.45) is 11.8 Å². The van der Waals surface area contributed by atoms with E-state index in [1.54, 1.807) is 0 Å². The van der Waals surface area contributed by atoms with Gasteiger partial charge < -0.3 is 10.2 Å². The second kappa shape index (κ2) is 6.00. The number of carbonyl (C=O) groups is 1. The summed E-state index contributed by atoms with van der Waals surface area (Å²) in [5, 5.41) is 2.86. The number of pyridine rings is 1. The minimum absolute atomic E-state index is 0.141. The van der Waals surface area contributed by atoms with Gasteiger partial charge in [0.25, 0.3) is 5.91 Å². The fourth-order valence-electron chi connectivity index (χ4n) is 2.53. The van der Waals surface area contributed by atoms with Gasteiger partial charge in [0.1, 0.15) is 0 Å². The molecular weight excluding hydrogens is 269 g/mol. The van der Waals surface area contributed by atoms with E-state index in [0.717, 1.165) is 13.1 Å². The molecule has 2 aliphatic carbocycles. The molecule has 0 saturated heterocycles. The van der Waals surface area contributed by atoms with E-state index in [1.807, 2.05) is 11.8 Å². The number of rotatable bonds is 7. The summed E-state index contributed by atoms with van der Waals surface area (Å²) in [4.78, 5) is 18.5. The van der Waals surface area contributed by atoms with E-state index in [-0.39, 0.29) is 17.3 Å². The maximum atomic E-state index is 14.4. The van der Waals surface area contributed by atoms with Crippen LogP contribution in [0.2, 0.25) is 0 Å². The Kier molecular flexibility index (Phi) is 4.08. The summed E-state index contributed by atoms with van der Waals surface area (Å²) in [6, 6.07) is 1.49. The van der Waals surface area contributed by atoms with Crippen LogP contribution in [0, 0.1) is 17.7 Å². The molecule has 1 heterocycles. The van der Waals surface area contributed by atoms with E-state index in [4.69, 9.17) is 0 Å². The number of carbonyl (C=O) groups excluding carboxylic acids is 1. The zero-order valence-electron chi connectivity index (χ0n) is 12.4. The smallest absolute Gasteiger partial charge is 0.257 e. The molecule has 0 aromatic carbocycles. The number of hydrogen-bond acceptors (Lipinski definition) is 3. The standard InChI is InChI=1S/C16H22FN3O/c1-2-18-15-14(17)13(7-8-19-15)16(21)20(9-11-3-4-11)10-12-5-6-12/h7-8,11-12H,2-6,9-10H2,1H3,(H,18,19). The molecule has 2 saturated carbocycles. The van der Waals surface area contributed by atoms with Crippen molar-refractivity contribution >= 4 is 11.7 Å². The van der Waals surface area contributed by atoms with Gasteiger partial charge in [0.05, 0.1) is 5.56 Å². The molecule has 0 unspecified atom stereocenters. The first kappa shape index (κ1) is 14.3. The minimum atomic E-state index is -0.527. The van der Waals surface area contributed by atoms with Gasteiger partial charge in [-0.05, 0) is 50.5 Å². The van der Waals surface area contributed by atoms with E-state index in [9.17, 15) is 9.18 Å². The van der Waals surface area contributed by atoms with Crippen LogP contribution in [0.25, 0.3) is 0 Å². The number of anilines is 1. The highest BCUT2D eigenvalue weighted by molar-refractivity contribution is 5.95. The highest BCUT2D eigenvalue weighted by atomic mass is 19.1. The lowest BCUT2D eigenvalue weighted by Gasteiger charge is -2.23. The minimum Gasteiger partial charge on any atom is -0.368 e. The average molecular weight is 291 g/mol. The van der Waals surface area contributed by atoms with E-state index in [0.29, 0.717) is 18.4 Å². The second-order valence-corrected chi connectivity index (χ2v) is 6.15. The number of halogens is 1. The molecule has 2 aliphatic rings. The van der Waals surface area contributed by atoms with Crippen molar-refractivity contribution in [1.29, 1.82) is 0 Å². The largest absolute Gasteiger partial charge is 0.368 e. The second-order valence-electron chi connectivity index (χ2n) is 6.15. The molecule has 114 valence electrons. The third-order valence-electron chi connectivity index (χ3n) is 4.10. The molecule has 0 atom stereocenters. The van der Waals surface area contributed by atoms with E-state index < -0.39 is 5.82 Å². The van der Waals surface area contributed by atoms with Gasteiger partial charge in [0.2, 0.25) is 0 Å². The van der Waals surface area contributed by atoms with Crippen LogP contribution in [0.1, 0.15) is 43.0 Å². The number of aromatic nitrogens is 1. The van der Waals surface area contributed by atoms with Gasteiger partial charge in [0.15, 0.2) is 11.6 Å². The van der Waals surface area contributed by atoms with Crippen molar-refractivity contribution in [3.63, 3.8) is 0 Å². The molecule has 1 aromatic rings. The van der Waals surface area contributed by atoms with Crippen molar-refractivity contribution < 1.29 is 9.18 Å². The quantitative estimate of drug-likeness (QED) is 0.840. The molecule has 0 aliphatic heterocycles. The summed E-state index contributed by atoms with van der Waals surface area (Å²) in [6.45, 7) is 4.00. The topological polar surface area (TPSA) is 45.2 Å². The summed E-state index contributed by atoms with van der Waals surface area (Å²) < 4.78 is 14.4.